The fraction of sp³-hybridized carbons (Fsp3) is 0.500. The van der Waals surface area contributed by atoms with Crippen LogP contribution in [0.3, 0.4) is 0 Å². The number of hydrogen-bond acceptors (Lipinski definition) is 5. The van der Waals surface area contributed by atoms with E-state index >= 15 is 0 Å². The van der Waals surface area contributed by atoms with Gasteiger partial charge in [-0.25, -0.2) is 0 Å². The Morgan fingerprint density at radius 2 is 2.11 bits per heavy atom. The van der Waals surface area contributed by atoms with E-state index in [-0.39, 0.29) is 19.0 Å². The zero-order valence-electron chi connectivity index (χ0n) is 11.5. The number of ether oxygens (including phenoxy) is 3. The second-order valence-corrected chi connectivity index (χ2v) is 3.89. The summed E-state index contributed by atoms with van der Waals surface area (Å²) in [5.41, 5.74) is 6.57. The van der Waals surface area contributed by atoms with Gasteiger partial charge >= 0.3 is 5.97 Å². The lowest BCUT2D eigenvalue weighted by molar-refractivity contribution is -0.141. The SMILES string of the molecule is CCOc1cccc(CCN)c1OCCC(=O)OC. The first kappa shape index (κ1) is 15.3. The smallest absolute Gasteiger partial charge is 0.308 e. The van der Waals surface area contributed by atoms with Gasteiger partial charge in [-0.05, 0) is 31.5 Å². The zero-order valence-corrected chi connectivity index (χ0v) is 11.5. The molecule has 0 atom stereocenters. The molecule has 1 aromatic rings. The minimum atomic E-state index is -0.297. The molecule has 0 radical (unpaired) electrons. The van der Waals surface area contributed by atoms with Crippen LogP contribution in [0.1, 0.15) is 18.9 Å². The van der Waals surface area contributed by atoms with Crippen molar-refractivity contribution in [1.29, 1.82) is 0 Å². The second-order valence-electron chi connectivity index (χ2n) is 3.89. The van der Waals surface area contributed by atoms with Gasteiger partial charge in [0.2, 0.25) is 0 Å². The van der Waals surface area contributed by atoms with Crippen molar-refractivity contribution in [2.24, 2.45) is 5.73 Å². The van der Waals surface area contributed by atoms with E-state index in [1.54, 1.807) is 0 Å². The van der Waals surface area contributed by atoms with Crippen molar-refractivity contribution in [3.63, 3.8) is 0 Å². The number of rotatable bonds is 8. The van der Waals surface area contributed by atoms with E-state index in [0.29, 0.717) is 31.1 Å². The molecule has 0 unspecified atom stereocenters. The van der Waals surface area contributed by atoms with Crippen molar-refractivity contribution in [1.82, 2.24) is 0 Å². The lowest BCUT2D eigenvalue weighted by Gasteiger charge is -2.15. The van der Waals surface area contributed by atoms with Gasteiger partial charge in [0.1, 0.15) is 0 Å². The molecular weight excluding hydrogens is 246 g/mol. The van der Waals surface area contributed by atoms with Crippen LogP contribution in [-0.4, -0.2) is 32.8 Å². The maximum absolute atomic E-state index is 11.1. The molecule has 0 aliphatic rings. The van der Waals surface area contributed by atoms with Crippen molar-refractivity contribution in [2.45, 2.75) is 19.8 Å². The molecule has 106 valence electrons. The summed E-state index contributed by atoms with van der Waals surface area (Å²) >= 11 is 0. The summed E-state index contributed by atoms with van der Waals surface area (Å²) in [4.78, 5) is 11.1. The van der Waals surface area contributed by atoms with Crippen LogP contribution in [0.15, 0.2) is 18.2 Å². The second kappa shape index (κ2) is 8.37. The normalized spacial score (nSPS) is 10.1. The fourth-order valence-electron chi connectivity index (χ4n) is 1.69. The Hall–Kier alpha value is -1.75. The van der Waals surface area contributed by atoms with Crippen LogP contribution < -0.4 is 15.2 Å². The van der Waals surface area contributed by atoms with Gasteiger partial charge in [0.15, 0.2) is 11.5 Å². The third kappa shape index (κ3) is 4.79. The Bertz CT molecular complexity index is 382. The van der Waals surface area contributed by atoms with Gasteiger partial charge in [0.25, 0.3) is 0 Å². The van der Waals surface area contributed by atoms with Crippen molar-refractivity contribution in [3.05, 3.63) is 23.8 Å². The average molecular weight is 267 g/mol. The van der Waals surface area contributed by atoms with Crippen LogP contribution in [0.25, 0.3) is 0 Å². The summed E-state index contributed by atoms with van der Waals surface area (Å²) in [5, 5.41) is 0. The van der Waals surface area contributed by atoms with E-state index in [9.17, 15) is 4.79 Å². The van der Waals surface area contributed by atoms with E-state index in [1.165, 1.54) is 7.11 Å². The van der Waals surface area contributed by atoms with Gasteiger partial charge in [0.05, 0.1) is 26.7 Å². The maximum atomic E-state index is 11.1. The van der Waals surface area contributed by atoms with Gasteiger partial charge in [-0.1, -0.05) is 12.1 Å². The van der Waals surface area contributed by atoms with Crippen LogP contribution in [0.2, 0.25) is 0 Å². The number of methoxy groups -OCH3 is 1. The molecule has 0 amide bonds. The molecule has 0 aromatic heterocycles. The van der Waals surface area contributed by atoms with E-state index in [2.05, 4.69) is 4.74 Å². The monoisotopic (exact) mass is 267 g/mol. The number of para-hydroxylation sites is 1. The molecule has 1 aromatic carbocycles. The number of carbonyl (C=O) groups excluding carboxylic acids is 1. The topological polar surface area (TPSA) is 70.8 Å². The highest BCUT2D eigenvalue weighted by Gasteiger charge is 2.11. The molecule has 0 saturated heterocycles. The summed E-state index contributed by atoms with van der Waals surface area (Å²) in [5.74, 6) is 1.05. The van der Waals surface area contributed by atoms with Gasteiger partial charge < -0.3 is 19.9 Å². The molecule has 0 saturated carbocycles. The van der Waals surface area contributed by atoms with Crippen molar-refractivity contribution in [3.8, 4) is 11.5 Å². The lowest BCUT2D eigenvalue weighted by Crippen LogP contribution is -2.11. The van der Waals surface area contributed by atoms with Gasteiger partial charge in [0, 0.05) is 0 Å². The third-order valence-corrected chi connectivity index (χ3v) is 2.55. The summed E-state index contributed by atoms with van der Waals surface area (Å²) < 4.78 is 15.8. The van der Waals surface area contributed by atoms with E-state index in [1.807, 2.05) is 25.1 Å². The Morgan fingerprint density at radius 1 is 1.32 bits per heavy atom. The molecule has 19 heavy (non-hydrogen) atoms. The zero-order chi connectivity index (χ0) is 14.1. The van der Waals surface area contributed by atoms with E-state index < -0.39 is 0 Å². The standard InChI is InChI=1S/C14H21NO4/c1-3-18-12-6-4-5-11(7-9-15)14(12)19-10-8-13(16)17-2/h4-6H,3,7-10,15H2,1-2H3. The quantitative estimate of drug-likeness (QED) is 0.723. The minimum absolute atomic E-state index is 0.207. The van der Waals surface area contributed by atoms with Gasteiger partial charge in [-0.15, -0.1) is 0 Å². The highest BCUT2D eigenvalue weighted by Crippen LogP contribution is 2.31. The summed E-state index contributed by atoms with van der Waals surface area (Å²) in [6.45, 7) is 3.25. The highest BCUT2D eigenvalue weighted by atomic mass is 16.5. The Kier molecular flexibility index (Phi) is 6.74. The van der Waals surface area contributed by atoms with Crippen molar-refractivity contribution < 1.29 is 19.0 Å². The van der Waals surface area contributed by atoms with Crippen LogP contribution in [0.5, 0.6) is 11.5 Å². The first-order valence-electron chi connectivity index (χ1n) is 6.37. The Balaban J connectivity index is 2.78. The Morgan fingerprint density at radius 3 is 2.74 bits per heavy atom. The van der Waals surface area contributed by atoms with E-state index in [0.717, 1.165) is 5.56 Å². The Labute approximate surface area is 113 Å². The predicted octanol–water partition coefficient (Wildman–Crippen LogP) is 1.53. The maximum Gasteiger partial charge on any atom is 0.308 e. The molecule has 0 bridgehead atoms. The highest BCUT2D eigenvalue weighted by molar-refractivity contribution is 5.69. The summed E-state index contributed by atoms with van der Waals surface area (Å²) in [6.07, 6.45) is 0.910. The molecule has 0 aliphatic carbocycles. The molecule has 2 N–H and O–H groups in total. The van der Waals surface area contributed by atoms with Crippen LogP contribution >= 0.6 is 0 Å². The van der Waals surface area contributed by atoms with Crippen LogP contribution in [0, 0.1) is 0 Å². The first-order valence-corrected chi connectivity index (χ1v) is 6.37. The number of hydrogen-bond donors (Lipinski definition) is 1. The largest absolute Gasteiger partial charge is 0.490 e. The van der Waals surface area contributed by atoms with Gasteiger partial charge in [-0.3, -0.25) is 4.79 Å². The predicted molar refractivity (Wildman–Crippen MR) is 72.5 cm³/mol. The molecule has 0 spiro atoms. The minimum Gasteiger partial charge on any atom is -0.490 e. The first-order chi connectivity index (χ1) is 9.22. The molecule has 0 heterocycles. The molecule has 0 aliphatic heterocycles. The molecule has 1 rings (SSSR count). The molecule has 5 heteroatoms. The average Bonchev–Trinajstić information content (AvgIpc) is 2.42. The molecule has 0 fully saturated rings. The summed E-state index contributed by atoms with van der Waals surface area (Å²) in [7, 11) is 1.36. The van der Waals surface area contributed by atoms with E-state index in [4.69, 9.17) is 15.2 Å². The van der Waals surface area contributed by atoms with Crippen LogP contribution in [-0.2, 0) is 16.0 Å². The molecular formula is C14H21NO4. The number of esters is 1. The van der Waals surface area contributed by atoms with Crippen molar-refractivity contribution in [2.75, 3.05) is 26.9 Å². The lowest BCUT2D eigenvalue weighted by atomic mass is 10.1. The number of benzene rings is 1. The summed E-state index contributed by atoms with van der Waals surface area (Å²) in [6, 6.07) is 5.70. The van der Waals surface area contributed by atoms with Gasteiger partial charge in [-0.2, -0.15) is 0 Å². The number of carbonyl (C=O) groups is 1. The molecule has 5 nitrogen and oxygen atoms in total. The van der Waals surface area contributed by atoms with Crippen molar-refractivity contribution >= 4 is 5.97 Å². The fourth-order valence-corrected chi connectivity index (χ4v) is 1.69. The van der Waals surface area contributed by atoms with Crippen LogP contribution in [0.4, 0.5) is 0 Å². The number of nitrogens with two attached hydrogens (primary N) is 1. The third-order valence-electron chi connectivity index (χ3n) is 2.55.